The third kappa shape index (κ3) is 2.66. The first kappa shape index (κ1) is 14.8. The Morgan fingerprint density at radius 3 is 2.29 bits per heavy atom. The Morgan fingerprint density at radius 2 is 1.71 bits per heavy atom. The van der Waals surface area contributed by atoms with Gasteiger partial charge in [0.1, 0.15) is 6.61 Å². The van der Waals surface area contributed by atoms with Crippen molar-refractivity contribution in [2.24, 2.45) is 23.5 Å². The minimum atomic E-state index is 0.00113. The lowest BCUT2D eigenvalue weighted by molar-refractivity contribution is -0.145. The van der Waals surface area contributed by atoms with Crippen molar-refractivity contribution in [3.8, 4) is 0 Å². The van der Waals surface area contributed by atoms with Crippen molar-refractivity contribution in [1.29, 1.82) is 0 Å². The van der Waals surface area contributed by atoms with E-state index >= 15 is 0 Å². The fourth-order valence-corrected chi connectivity index (χ4v) is 4.30. The SMILES string of the molecule is COCC(=O)N1CCN(C(=O)C2C3CCC(C3)C2N)CC1. The summed E-state index contributed by atoms with van der Waals surface area (Å²) in [6.07, 6.45) is 3.47. The maximum Gasteiger partial charge on any atom is 0.248 e. The quantitative estimate of drug-likeness (QED) is 0.774. The van der Waals surface area contributed by atoms with Gasteiger partial charge < -0.3 is 20.3 Å². The van der Waals surface area contributed by atoms with Gasteiger partial charge in [0.05, 0.1) is 5.92 Å². The Kier molecular flexibility index (Phi) is 4.17. The van der Waals surface area contributed by atoms with Crippen LogP contribution in [0.4, 0.5) is 0 Å². The molecule has 1 heterocycles. The van der Waals surface area contributed by atoms with Crippen LogP contribution in [0.15, 0.2) is 0 Å². The summed E-state index contributed by atoms with van der Waals surface area (Å²) in [7, 11) is 1.52. The summed E-state index contributed by atoms with van der Waals surface area (Å²) in [5.41, 5.74) is 6.26. The van der Waals surface area contributed by atoms with Crippen LogP contribution in [0.2, 0.25) is 0 Å². The topological polar surface area (TPSA) is 75.9 Å². The van der Waals surface area contributed by atoms with Crippen molar-refractivity contribution in [1.82, 2.24) is 9.80 Å². The number of hydrogen-bond acceptors (Lipinski definition) is 4. The number of ether oxygens (including phenoxy) is 1. The van der Waals surface area contributed by atoms with Crippen molar-refractivity contribution in [2.75, 3.05) is 39.9 Å². The second-order valence-corrected chi connectivity index (χ2v) is 6.58. The molecule has 3 rings (SSSR count). The van der Waals surface area contributed by atoms with E-state index in [0.29, 0.717) is 38.0 Å². The summed E-state index contributed by atoms with van der Waals surface area (Å²) >= 11 is 0. The Hall–Kier alpha value is -1.14. The Balaban J connectivity index is 1.55. The number of methoxy groups -OCH3 is 1. The summed E-state index contributed by atoms with van der Waals surface area (Å²) in [6, 6.07) is 0.0457. The van der Waals surface area contributed by atoms with Gasteiger partial charge in [0.25, 0.3) is 0 Å². The summed E-state index contributed by atoms with van der Waals surface area (Å²) in [5.74, 6) is 1.28. The number of nitrogens with zero attached hydrogens (tertiary/aromatic N) is 2. The molecule has 0 radical (unpaired) electrons. The number of fused-ring (bicyclic) bond motifs is 2. The number of nitrogens with two attached hydrogens (primary N) is 1. The highest BCUT2D eigenvalue weighted by Crippen LogP contribution is 2.48. The zero-order valence-electron chi connectivity index (χ0n) is 12.7. The van der Waals surface area contributed by atoms with Crippen LogP contribution in [-0.2, 0) is 14.3 Å². The number of carbonyl (C=O) groups excluding carboxylic acids is 2. The van der Waals surface area contributed by atoms with Crippen LogP contribution in [0.5, 0.6) is 0 Å². The van der Waals surface area contributed by atoms with Gasteiger partial charge >= 0.3 is 0 Å². The molecule has 2 bridgehead atoms. The number of amides is 2. The normalized spacial score (nSPS) is 35.3. The molecule has 2 saturated carbocycles. The largest absolute Gasteiger partial charge is 0.375 e. The third-order valence-electron chi connectivity index (χ3n) is 5.48. The summed E-state index contributed by atoms with van der Waals surface area (Å²) < 4.78 is 4.87. The molecule has 2 N–H and O–H groups in total. The molecule has 3 fully saturated rings. The Labute approximate surface area is 125 Å². The molecule has 2 aliphatic carbocycles. The van der Waals surface area contributed by atoms with E-state index in [1.165, 1.54) is 13.5 Å². The first-order valence-corrected chi connectivity index (χ1v) is 7.93. The molecular formula is C15H25N3O3. The highest BCUT2D eigenvalue weighted by atomic mass is 16.5. The molecule has 6 heteroatoms. The maximum absolute atomic E-state index is 12.7. The van der Waals surface area contributed by atoms with E-state index in [-0.39, 0.29) is 30.4 Å². The molecule has 0 aromatic heterocycles. The monoisotopic (exact) mass is 295 g/mol. The minimum Gasteiger partial charge on any atom is -0.375 e. The average Bonchev–Trinajstić information content (AvgIpc) is 3.08. The van der Waals surface area contributed by atoms with E-state index in [2.05, 4.69) is 0 Å². The zero-order chi connectivity index (χ0) is 15.0. The summed E-state index contributed by atoms with van der Waals surface area (Å²) in [5, 5.41) is 0. The van der Waals surface area contributed by atoms with E-state index in [0.717, 1.165) is 12.8 Å². The maximum atomic E-state index is 12.7. The molecular weight excluding hydrogens is 270 g/mol. The molecule has 3 aliphatic rings. The molecule has 21 heavy (non-hydrogen) atoms. The van der Waals surface area contributed by atoms with Crippen LogP contribution in [0.1, 0.15) is 19.3 Å². The first-order chi connectivity index (χ1) is 10.1. The van der Waals surface area contributed by atoms with Crippen LogP contribution >= 0.6 is 0 Å². The molecule has 118 valence electrons. The molecule has 6 nitrogen and oxygen atoms in total. The van der Waals surface area contributed by atoms with Gasteiger partial charge in [-0.15, -0.1) is 0 Å². The summed E-state index contributed by atoms with van der Waals surface area (Å²) in [6.45, 7) is 2.56. The molecule has 0 aromatic rings. The summed E-state index contributed by atoms with van der Waals surface area (Å²) in [4.78, 5) is 28.2. The fourth-order valence-electron chi connectivity index (χ4n) is 4.30. The van der Waals surface area contributed by atoms with Crippen LogP contribution in [0.3, 0.4) is 0 Å². The van der Waals surface area contributed by atoms with Gasteiger partial charge in [0.15, 0.2) is 0 Å². The van der Waals surface area contributed by atoms with E-state index in [4.69, 9.17) is 10.5 Å². The fraction of sp³-hybridized carbons (Fsp3) is 0.867. The predicted molar refractivity (Wildman–Crippen MR) is 77.3 cm³/mol. The van der Waals surface area contributed by atoms with E-state index in [1.807, 2.05) is 4.90 Å². The van der Waals surface area contributed by atoms with Crippen molar-refractivity contribution < 1.29 is 14.3 Å². The van der Waals surface area contributed by atoms with Crippen LogP contribution in [0, 0.1) is 17.8 Å². The van der Waals surface area contributed by atoms with Gasteiger partial charge in [-0.2, -0.15) is 0 Å². The molecule has 4 atom stereocenters. The van der Waals surface area contributed by atoms with Gasteiger partial charge in [0.2, 0.25) is 11.8 Å². The van der Waals surface area contributed by atoms with Crippen molar-refractivity contribution in [3.05, 3.63) is 0 Å². The van der Waals surface area contributed by atoms with Gasteiger partial charge in [-0.1, -0.05) is 0 Å². The number of carbonyl (C=O) groups is 2. The van der Waals surface area contributed by atoms with Gasteiger partial charge in [-0.05, 0) is 31.1 Å². The average molecular weight is 295 g/mol. The molecule has 1 saturated heterocycles. The Bertz CT molecular complexity index is 418. The second-order valence-electron chi connectivity index (χ2n) is 6.58. The first-order valence-electron chi connectivity index (χ1n) is 7.93. The van der Waals surface area contributed by atoms with Crippen molar-refractivity contribution >= 4 is 11.8 Å². The second kappa shape index (κ2) is 5.93. The van der Waals surface area contributed by atoms with Crippen LogP contribution < -0.4 is 5.73 Å². The number of piperazine rings is 1. The molecule has 1 aliphatic heterocycles. The molecule has 0 spiro atoms. The smallest absolute Gasteiger partial charge is 0.248 e. The van der Waals surface area contributed by atoms with Gasteiger partial charge in [-0.25, -0.2) is 0 Å². The van der Waals surface area contributed by atoms with E-state index in [9.17, 15) is 9.59 Å². The highest BCUT2D eigenvalue weighted by Gasteiger charge is 2.50. The molecule has 4 unspecified atom stereocenters. The highest BCUT2D eigenvalue weighted by molar-refractivity contribution is 5.81. The third-order valence-corrected chi connectivity index (χ3v) is 5.48. The van der Waals surface area contributed by atoms with Crippen molar-refractivity contribution in [2.45, 2.75) is 25.3 Å². The lowest BCUT2D eigenvalue weighted by atomic mass is 9.84. The molecule has 0 aromatic carbocycles. The van der Waals surface area contributed by atoms with Crippen molar-refractivity contribution in [3.63, 3.8) is 0 Å². The number of hydrogen-bond donors (Lipinski definition) is 1. The zero-order valence-corrected chi connectivity index (χ0v) is 12.7. The Morgan fingerprint density at radius 1 is 1.10 bits per heavy atom. The lowest BCUT2D eigenvalue weighted by Gasteiger charge is -2.38. The standard InChI is InChI=1S/C15H25N3O3/c1-21-9-12(19)17-4-6-18(7-5-17)15(20)13-10-2-3-11(8-10)14(13)16/h10-11,13-14H,2-9,16H2,1H3. The van der Waals surface area contributed by atoms with Crippen LogP contribution in [-0.4, -0.2) is 67.6 Å². The molecule has 2 amide bonds. The van der Waals surface area contributed by atoms with E-state index in [1.54, 1.807) is 4.90 Å². The van der Waals surface area contributed by atoms with Gasteiger partial charge in [0, 0.05) is 39.3 Å². The van der Waals surface area contributed by atoms with Crippen LogP contribution in [0.25, 0.3) is 0 Å². The lowest BCUT2D eigenvalue weighted by Crippen LogP contribution is -2.55. The van der Waals surface area contributed by atoms with Gasteiger partial charge in [-0.3, -0.25) is 9.59 Å². The minimum absolute atomic E-state index is 0.00113. The number of rotatable bonds is 3. The predicted octanol–water partition coefficient (Wildman–Crippen LogP) is -0.323. The van der Waals surface area contributed by atoms with E-state index < -0.39 is 0 Å².